The predicted molar refractivity (Wildman–Crippen MR) is 106 cm³/mol. The fraction of sp³-hybridized carbons (Fsp3) is 0.882. The first-order chi connectivity index (χ1) is 10.9. The fourth-order valence-electron chi connectivity index (χ4n) is 3.67. The van der Waals surface area contributed by atoms with Crippen LogP contribution in [0.15, 0.2) is 0 Å². The van der Waals surface area contributed by atoms with E-state index in [1.54, 1.807) is 7.05 Å². The molecule has 0 aromatic heterocycles. The zero-order chi connectivity index (χ0) is 17.0. The molecule has 1 N–H and O–H groups in total. The van der Waals surface area contributed by atoms with Crippen LogP contribution in [-0.2, 0) is 9.59 Å². The van der Waals surface area contributed by atoms with Crippen LogP contribution in [0.2, 0.25) is 0 Å². The van der Waals surface area contributed by atoms with Crippen molar-refractivity contribution in [1.29, 1.82) is 0 Å². The van der Waals surface area contributed by atoms with Crippen LogP contribution >= 0.6 is 24.8 Å². The standard InChI is InChI=1S/C17H32N4O2.2ClH/c1-13(2)12-15(16(22)18-3)21-7-5-6-14(21)17(23)20-10-8-19(4)9-11-20;;/h13-15H,5-12H2,1-4H3,(H,18,22);2*1H/t14-,15+;;/m0../s1. The fourth-order valence-corrected chi connectivity index (χ4v) is 3.67. The normalized spacial score (nSPS) is 22.9. The Morgan fingerprint density at radius 1 is 1.08 bits per heavy atom. The number of amides is 2. The van der Waals surface area contributed by atoms with Gasteiger partial charge in [-0.05, 0) is 38.8 Å². The minimum Gasteiger partial charge on any atom is -0.358 e. The second-order valence-corrected chi connectivity index (χ2v) is 7.28. The van der Waals surface area contributed by atoms with Gasteiger partial charge in [-0.25, -0.2) is 0 Å². The number of nitrogens with zero attached hydrogens (tertiary/aromatic N) is 3. The van der Waals surface area contributed by atoms with Gasteiger partial charge in [-0.1, -0.05) is 13.8 Å². The van der Waals surface area contributed by atoms with Crippen molar-refractivity contribution < 1.29 is 9.59 Å². The zero-order valence-electron chi connectivity index (χ0n) is 15.9. The van der Waals surface area contributed by atoms with Crippen LogP contribution in [0.3, 0.4) is 0 Å². The summed E-state index contributed by atoms with van der Waals surface area (Å²) < 4.78 is 0. The first-order valence-corrected chi connectivity index (χ1v) is 8.88. The second kappa shape index (κ2) is 11.2. The third-order valence-corrected chi connectivity index (χ3v) is 5.04. The molecule has 0 aliphatic carbocycles. The molecule has 0 aromatic rings. The number of hydrogen-bond acceptors (Lipinski definition) is 4. The van der Waals surface area contributed by atoms with Gasteiger partial charge < -0.3 is 15.1 Å². The lowest BCUT2D eigenvalue weighted by Gasteiger charge is -2.38. The highest BCUT2D eigenvalue weighted by Crippen LogP contribution is 2.25. The number of carbonyl (C=O) groups excluding carboxylic acids is 2. The van der Waals surface area contributed by atoms with E-state index < -0.39 is 0 Å². The highest BCUT2D eigenvalue weighted by Gasteiger charge is 2.40. The minimum atomic E-state index is -0.191. The predicted octanol–water partition coefficient (Wildman–Crippen LogP) is 1.23. The summed E-state index contributed by atoms with van der Waals surface area (Å²) in [5.41, 5.74) is 0. The number of rotatable bonds is 5. The quantitative estimate of drug-likeness (QED) is 0.758. The van der Waals surface area contributed by atoms with Crippen LogP contribution in [0.1, 0.15) is 33.1 Å². The third-order valence-electron chi connectivity index (χ3n) is 5.04. The van der Waals surface area contributed by atoms with Gasteiger partial charge in [0.1, 0.15) is 0 Å². The van der Waals surface area contributed by atoms with Crippen LogP contribution in [-0.4, -0.2) is 85.4 Å². The molecule has 6 nitrogen and oxygen atoms in total. The number of likely N-dealkylation sites (tertiary alicyclic amines) is 1. The molecule has 0 bridgehead atoms. The van der Waals surface area contributed by atoms with E-state index in [1.165, 1.54) is 0 Å². The number of hydrogen-bond donors (Lipinski definition) is 1. The molecule has 2 aliphatic rings. The summed E-state index contributed by atoms with van der Waals surface area (Å²) in [6.07, 6.45) is 2.67. The number of likely N-dealkylation sites (N-methyl/N-ethyl adjacent to an activating group) is 2. The molecule has 148 valence electrons. The maximum atomic E-state index is 13.0. The van der Waals surface area contributed by atoms with E-state index in [4.69, 9.17) is 0 Å². The van der Waals surface area contributed by atoms with Gasteiger partial charge in [-0.15, -0.1) is 24.8 Å². The van der Waals surface area contributed by atoms with Gasteiger partial charge in [-0.3, -0.25) is 14.5 Å². The van der Waals surface area contributed by atoms with E-state index in [2.05, 4.69) is 36.0 Å². The highest BCUT2D eigenvalue weighted by atomic mass is 35.5. The first-order valence-electron chi connectivity index (χ1n) is 8.88. The molecule has 2 saturated heterocycles. The lowest BCUT2D eigenvalue weighted by Crippen LogP contribution is -2.56. The maximum Gasteiger partial charge on any atom is 0.240 e. The van der Waals surface area contributed by atoms with E-state index in [1.807, 2.05) is 4.90 Å². The lowest BCUT2D eigenvalue weighted by molar-refractivity contribution is -0.140. The Kier molecular flexibility index (Phi) is 11.0. The van der Waals surface area contributed by atoms with Crippen molar-refractivity contribution in [2.45, 2.75) is 45.2 Å². The van der Waals surface area contributed by atoms with Gasteiger partial charge in [0.05, 0.1) is 12.1 Å². The van der Waals surface area contributed by atoms with Crippen LogP contribution in [0.25, 0.3) is 0 Å². The van der Waals surface area contributed by atoms with Crippen molar-refractivity contribution in [2.75, 3.05) is 46.8 Å². The Morgan fingerprint density at radius 2 is 1.68 bits per heavy atom. The topological polar surface area (TPSA) is 55.9 Å². The largest absolute Gasteiger partial charge is 0.358 e. The van der Waals surface area contributed by atoms with Crippen LogP contribution in [0.5, 0.6) is 0 Å². The molecule has 0 saturated carbocycles. The second-order valence-electron chi connectivity index (χ2n) is 7.28. The minimum absolute atomic E-state index is 0. The molecule has 2 rings (SSSR count). The summed E-state index contributed by atoms with van der Waals surface area (Å²) in [7, 11) is 3.77. The van der Waals surface area contributed by atoms with E-state index in [-0.39, 0.29) is 48.7 Å². The summed E-state index contributed by atoms with van der Waals surface area (Å²) in [5.74, 6) is 0.683. The van der Waals surface area contributed by atoms with Gasteiger partial charge >= 0.3 is 0 Å². The number of piperazine rings is 1. The van der Waals surface area contributed by atoms with Crippen LogP contribution in [0.4, 0.5) is 0 Å². The molecule has 2 atom stereocenters. The molecule has 0 radical (unpaired) electrons. The first kappa shape index (κ1) is 24.4. The average Bonchev–Trinajstić information content (AvgIpc) is 3.01. The molecule has 0 spiro atoms. The number of halogens is 2. The van der Waals surface area contributed by atoms with Crippen molar-refractivity contribution in [3.8, 4) is 0 Å². The summed E-state index contributed by atoms with van der Waals surface area (Å²) in [6.45, 7) is 8.57. The molecular weight excluding hydrogens is 363 g/mol. The van der Waals surface area contributed by atoms with Crippen molar-refractivity contribution in [1.82, 2.24) is 20.0 Å². The molecule has 2 aliphatic heterocycles. The van der Waals surface area contributed by atoms with Crippen LogP contribution in [0, 0.1) is 5.92 Å². The Bertz CT molecular complexity index is 429. The van der Waals surface area contributed by atoms with Crippen molar-refractivity contribution in [2.24, 2.45) is 5.92 Å². The van der Waals surface area contributed by atoms with Gasteiger partial charge in [0.2, 0.25) is 11.8 Å². The Labute approximate surface area is 164 Å². The van der Waals surface area contributed by atoms with E-state index >= 15 is 0 Å². The summed E-state index contributed by atoms with van der Waals surface area (Å²) in [6, 6.07) is -0.316. The van der Waals surface area contributed by atoms with E-state index in [9.17, 15) is 9.59 Å². The molecule has 0 unspecified atom stereocenters. The molecule has 2 heterocycles. The lowest BCUT2D eigenvalue weighted by atomic mass is 10.0. The van der Waals surface area contributed by atoms with Crippen molar-refractivity contribution >= 4 is 36.6 Å². The van der Waals surface area contributed by atoms with Gasteiger partial charge in [0, 0.05) is 33.2 Å². The maximum absolute atomic E-state index is 13.0. The van der Waals surface area contributed by atoms with Gasteiger partial charge in [0.15, 0.2) is 0 Å². The Balaban J connectivity index is 0.00000288. The van der Waals surface area contributed by atoms with E-state index in [0.717, 1.165) is 52.0 Å². The number of carbonyl (C=O) groups is 2. The van der Waals surface area contributed by atoms with Gasteiger partial charge in [-0.2, -0.15) is 0 Å². The SMILES string of the molecule is CNC(=O)[C@@H](CC(C)C)N1CCC[C@H]1C(=O)N1CCN(C)CC1.Cl.Cl. The molecule has 0 aromatic carbocycles. The van der Waals surface area contributed by atoms with E-state index in [0.29, 0.717) is 5.92 Å². The van der Waals surface area contributed by atoms with Crippen LogP contribution < -0.4 is 5.32 Å². The van der Waals surface area contributed by atoms with Crippen molar-refractivity contribution in [3.05, 3.63) is 0 Å². The molecule has 25 heavy (non-hydrogen) atoms. The molecule has 2 fully saturated rings. The summed E-state index contributed by atoms with van der Waals surface area (Å²) in [5, 5.41) is 2.78. The summed E-state index contributed by atoms with van der Waals surface area (Å²) in [4.78, 5) is 31.7. The Morgan fingerprint density at radius 3 is 2.20 bits per heavy atom. The average molecular weight is 397 g/mol. The summed E-state index contributed by atoms with van der Waals surface area (Å²) >= 11 is 0. The monoisotopic (exact) mass is 396 g/mol. The zero-order valence-corrected chi connectivity index (χ0v) is 17.5. The highest BCUT2D eigenvalue weighted by molar-refractivity contribution is 5.86. The molecule has 2 amide bonds. The number of nitrogens with one attached hydrogen (secondary N) is 1. The third kappa shape index (κ3) is 6.27. The molecule has 8 heteroatoms. The smallest absolute Gasteiger partial charge is 0.240 e. The molecular formula is C17H34Cl2N4O2. The van der Waals surface area contributed by atoms with Gasteiger partial charge in [0.25, 0.3) is 0 Å². The Hall–Kier alpha value is -0.560. The van der Waals surface area contributed by atoms with Crippen molar-refractivity contribution in [3.63, 3.8) is 0 Å².